The number of hydrogen-bond acceptors (Lipinski definition) is 4. The van der Waals surface area contributed by atoms with Crippen molar-refractivity contribution in [1.29, 1.82) is 0 Å². The molecule has 0 radical (unpaired) electrons. The Hall–Kier alpha value is -0.310. The Balaban J connectivity index is 2.19. The van der Waals surface area contributed by atoms with Gasteiger partial charge in [-0.05, 0) is 18.3 Å². The highest BCUT2D eigenvalue weighted by Gasteiger charge is 2.43. The molecule has 2 aliphatic rings. The quantitative estimate of drug-likeness (QED) is 0.829. The molecule has 0 aromatic rings. The fourth-order valence-electron chi connectivity index (χ4n) is 2.79. The number of thioether (sulfide) groups is 1. The molecule has 2 aliphatic heterocycles. The lowest BCUT2D eigenvalue weighted by atomic mass is 9.94. The summed E-state index contributed by atoms with van der Waals surface area (Å²) in [7, 11) is -3.66. The van der Waals surface area contributed by atoms with Crippen LogP contribution in [-0.4, -0.2) is 58.9 Å². The van der Waals surface area contributed by atoms with Crippen LogP contribution in [0.5, 0.6) is 0 Å². The molecule has 0 aromatic carbocycles. The van der Waals surface area contributed by atoms with Crippen LogP contribution in [0.1, 0.15) is 20.3 Å². The molecule has 3 unspecified atom stereocenters. The molecule has 2 saturated heterocycles. The number of nitrogens with zero attached hydrogens (tertiary/aromatic N) is 2. The Morgan fingerprint density at radius 3 is 2.37 bits per heavy atom. The summed E-state index contributed by atoms with van der Waals surface area (Å²) in [5.74, 6) is 0.132. The van der Waals surface area contributed by atoms with E-state index in [1.807, 2.05) is 13.8 Å². The van der Waals surface area contributed by atoms with Crippen LogP contribution in [0.3, 0.4) is 0 Å². The minimum Gasteiger partial charge on any atom is -0.480 e. The van der Waals surface area contributed by atoms with Crippen molar-refractivity contribution in [2.45, 2.75) is 26.3 Å². The monoisotopic (exact) mass is 308 g/mol. The fraction of sp³-hybridized carbons (Fsp3) is 0.909. The number of carboxylic acid groups (broad SMARTS) is 1. The first-order valence-electron chi connectivity index (χ1n) is 6.40. The van der Waals surface area contributed by atoms with Crippen molar-refractivity contribution in [3.8, 4) is 0 Å². The molecule has 0 aliphatic carbocycles. The number of aliphatic carboxylic acids is 1. The van der Waals surface area contributed by atoms with Gasteiger partial charge in [0.25, 0.3) is 10.2 Å². The molecule has 0 amide bonds. The van der Waals surface area contributed by atoms with E-state index in [0.29, 0.717) is 30.7 Å². The first kappa shape index (κ1) is 15.1. The molecule has 110 valence electrons. The van der Waals surface area contributed by atoms with Crippen LogP contribution in [-0.2, 0) is 15.0 Å². The van der Waals surface area contributed by atoms with Crippen molar-refractivity contribution in [3.63, 3.8) is 0 Å². The van der Waals surface area contributed by atoms with Gasteiger partial charge in [-0.15, -0.1) is 11.8 Å². The first-order chi connectivity index (χ1) is 8.82. The molecule has 0 bridgehead atoms. The third kappa shape index (κ3) is 3.07. The molecule has 0 saturated carbocycles. The molecule has 19 heavy (non-hydrogen) atoms. The van der Waals surface area contributed by atoms with Gasteiger partial charge in [0.1, 0.15) is 6.04 Å². The zero-order valence-corrected chi connectivity index (χ0v) is 12.8. The molecule has 2 rings (SSSR count). The Bertz CT molecular complexity index is 444. The van der Waals surface area contributed by atoms with Gasteiger partial charge < -0.3 is 5.11 Å². The Morgan fingerprint density at radius 1 is 1.26 bits per heavy atom. The molecule has 1 N–H and O–H groups in total. The number of hydrogen-bond donors (Lipinski definition) is 1. The predicted octanol–water partition coefficient (Wildman–Crippen LogP) is 0.669. The lowest BCUT2D eigenvalue weighted by Crippen LogP contribution is -2.52. The van der Waals surface area contributed by atoms with Crippen LogP contribution < -0.4 is 0 Å². The van der Waals surface area contributed by atoms with Crippen LogP contribution >= 0.6 is 11.8 Å². The summed E-state index contributed by atoms with van der Waals surface area (Å²) in [6.07, 6.45) is 1.02. The van der Waals surface area contributed by atoms with Crippen molar-refractivity contribution < 1.29 is 18.3 Å². The SMILES string of the molecule is CC1CC(C)CN(S(=O)(=O)N2CSCC2C(=O)O)C1. The summed E-state index contributed by atoms with van der Waals surface area (Å²) in [5.41, 5.74) is 0. The van der Waals surface area contributed by atoms with E-state index in [2.05, 4.69) is 0 Å². The molecule has 8 heteroatoms. The molecule has 0 aromatic heterocycles. The van der Waals surface area contributed by atoms with Crippen molar-refractivity contribution in [2.75, 3.05) is 24.7 Å². The Morgan fingerprint density at radius 2 is 1.84 bits per heavy atom. The lowest BCUT2D eigenvalue weighted by molar-refractivity contribution is -0.140. The normalized spacial score (nSPS) is 34.5. The lowest BCUT2D eigenvalue weighted by Gasteiger charge is -2.36. The van der Waals surface area contributed by atoms with Gasteiger partial charge in [0.15, 0.2) is 0 Å². The minimum atomic E-state index is -3.66. The van der Waals surface area contributed by atoms with Gasteiger partial charge in [-0.3, -0.25) is 4.79 Å². The molecule has 2 fully saturated rings. The van der Waals surface area contributed by atoms with E-state index in [1.54, 1.807) is 0 Å². The van der Waals surface area contributed by atoms with Gasteiger partial charge in [-0.2, -0.15) is 17.0 Å². The standard InChI is InChI=1S/C11H20N2O4S2/c1-8-3-9(2)5-12(4-8)19(16,17)13-7-18-6-10(13)11(14)15/h8-10H,3-7H2,1-2H3,(H,14,15). The van der Waals surface area contributed by atoms with Crippen LogP contribution in [0.15, 0.2) is 0 Å². The highest BCUT2D eigenvalue weighted by Crippen LogP contribution is 2.30. The van der Waals surface area contributed by atoms with E-state index in [0.717, 1.165) is 10.7 Å². The Kier molecular flexibility index (Phi) is 4.44. The number of piperidine rings is 1. The van der Waals surface area contributed by atoms with E-state index in [-0.39, 0.29) is 5.88 Å². The molecule has 6 nitrogen and oxygen atoms in total. The summed E-state index contributed by atoms with van der Waals surface area (Å²) in [5, 5.41) is 9.11. The maximum Gasteiger partial charge on any atom is 0.322 e. The second-order valence-electron chi connectivity index (χ2n) is 5.51. The van der Waals surface area contributed by atoms with Crippen molar-refractivity contribution in [2.24, 2.45) is 11.8 Å². The van der Waals surface area contributed by atoms with Gasteiger partial charge in [0.05, 0.1) is 5.88 Å². The highest BCUT2D eigenvalue weighted by atomic mass is 32.2. The smallest absolute Gasteiger partial charge is 0.322 e. The first-order valence-corrected chi connectivity index (χ1v) is 8.95. The number of rotatable bonds is 3. The third-order valence-electron chi connectivity index (χ3n) is 3.58. The van der Waals surface area contributed by atoms with E-state index >= 15 is 0 Å². The molecular weight excluding hydrogens is 288 g/mol. The molecule has 3 atom stereocenters. The summed E-state index contributed by atoms with van der Waals surface area (Å²) in [6.45, 7) is 5.04. The van der Waals surface area contributed by atoms with Gasteiger partial charge in [-0.25, -0.2) is 0 Å². The van der Waals surface area contributed by atoms with Crippen LogP contribution in [0, 0.1) is 11.8 Å². The van der Waals surface area contributed by atoms with E-state index in [9.17, 15) is 13.2 Å². The van der Waals surface area contributed by atoms with E-state index in [4.69, 9.17) is 5.11 Å². The largest absolute Gasteiger partial charge is 0.480 e. The average Bonchev–Trinajstić information content (AvgIpc) is 2.76. The number of carbonyl (C=O) groups is 1. The topological polar surface area (TPSA) is 77.9 Å². The summed E-state index contributed by atoms with van der Waals surface area (Å²) < 4.78 is 27.7. The van der Waals surface area contributed by atoms with Gasteiger partial charge >= 0.3 is 5.97 Å². The zero-order valence-electron chi connectivity index (χ0n) is 11.2. The van der Waals surface area contributed by atoms with Gasteiger partial charge in [-0.1, -0.05) is 13.8 Å². The second kappa shape index (κ2) is 5.59. The van der Waals surface area contributed by atoms with E-state index < -0.39 is 22.2 Å². The van der Waals surface area contributed by atoms with Gasteiger partial charge in [0, 0.05) is 18.8 Å². The van der Waals surface area contributed by atoms with Gasteiger partial charge in [0.2, 0.25) is 0 Å². The fourth-order valence-corrected chi connectivity index (χ4v) is 6.32. The molecular formula is C11H20N2O4S2. The highest BCUT2D eigenvalue weighted by molar-refractivity contribution is 8.00. The zero-order chi connectivity index (χ0) is 14.2. The summed E-state index contributed by atoms with van der Waals surface area (Å²) in [4.78, 5) is 11.1. The van der Waals surface area contributed by atoms with Crippen LogP contribution in [0.4, 0.5) is 0 Å². The summed E-state index contributed by atoms with van der Waals surface area (Å²) in [6, 6.07) is -0.928. The van der Waals surface area contributed by atoms with Crippen LogP contribution in [0.25, 0.3) is 0 Å². The van der Waals surface area contributed by atoms with Crippen molar-refractivity contribution in [1.82, 2.24) is 8.61 Å². The average molecular weight is 308 g/mol. The van der Waals surface area contributed by atoms with Crippen molar-refractivity contribution in [3.05, 3.63) is 0 Å². The van der Waals surface area contributed by atoms with Crippen LogP contribution in [0.2, 0.25) is 0 Å². The Labute approximate surface area is 118 Å². The minimum absolute atomic E-state index is 0.235. The van der Waals surface area contributed by atoms with E-state index in [1.165, 1.54) is 16.1 Å². The number of carboxylic acids is 1. The summed E-state index contributed by atoms with van der Waals surface area (Å²) >= 11 is 1.35. The molecule has 0 spiro atoms. The predicted molar refractivity (Wildman–Crippen MR) is 74.0 cm³/mol. The maximum atomic E-state index is 12.6. The third-order valence-corrected chi connectivity index (χ3v) is 6.69. The maximum absolute atomic E-state index is 12.6. The van der Waals surface area contributed by atoms with Crippen molar-refractivity contribution >= 4 is 27.9 Å². The second-order valence-corrected chi connectivity index (χ2v) is 8.39. The molecule has 2 heterocycles.